The van der Waals surface area contributed by atoms with E-state index in [4.69, 9.17) is 6.42 Å². The Hall–Kier alpha value is -0.480. The van der Waals surface area contributed by atoms with E-state index in [1.54, 1.807) is 0 Å². The normalized spacial score (nSPS) is 18.6. The fourth-order valence-corrected chi connectivity index (χ4v) is 1.91. The van der Waals surface area contributed by atoms with Gasteiger partial charge in [0, 0.05) is 0 Å². The highest BCUT2D eigenvalue weighted by atomic mass is 15.1. The molecular weight excluding hydrogens is 170 g/mol. The Kier molecular flexibility index (Phi) is 7.61. The zero-order valence-corrected chi connectivity index (χ0v) is 10.2. The van der Waals surface area contributed by atoms with E-state index < -0.39 is 0 Å². The van der Waals surface area contributed by atoms with Gasteiger partial charge in [-0.1, -0.05) is 33.6 Å². The summed E-state index contributed by atoms with van der Waals surface area (Å²) in [5, 5.41) is 0. The Morgan fingerprint density at radius 1 is 1.29 bits per heavy atom. The minimum absolute atomic E-state index is 0.838. The largest absolute Gasteiger partial charge is 0.292 e. The van der Waals surface area contributed by atoms with Crippen molar-refractivity contribution < 1.29 is 0 Å². The van der Waals surface area contributed by atoms with Crippen molar-refractivity contribution in [3.8, 4) is 12.3 Å². The van der Waals surface area contributed by atoms with Gasteiger partial charge in [0.1, 0.15) is 0 Å². The minimum atomic E-state index is 0.838. The number of terminal acetylenes is 1. The molecule has 1 aliphatic rings. The summed E-state index contributed by atoms with van der Waals surface area (Å²) >= 11 is 0. The molecule has 1 saturated heterocycles. The third kappa shape index (κ3) is 4.67. The van der Waals surface area contributed by atoms with Crippen molar-refractivity contribution in [3.63, 3.8) is 0 Å². The lowest BCUT2D eigenvalue weighted by atomic mass is 9.87. The average Bonchev–Trinajstić information content (AvgIpc) is 2.22. The molecule has 0 spiro atoms. The maximum atomic E-state index is 5.26. The average molecular weight is 195 g/mol. The highest BCUT2D eigenvalue weighted by molar-refractivity contribution is 4.89. The molecule has 0 saturated carbocycles. The smallest absolute Gasteiger partial charge is 0.0598 e. The molecular formula is C13H25N. The molecule has 1 rings (SSSR count). The van der Waals surface area contributed by atoms with Crippen molar-refractivity contribution in [2.24, 2.45) is 11.8 Å². The van der Waals surface area contributed by atoms with E-state index in [2.05, 4.69) is 24.7 Å². The molecule has 0 bridgehead atoms. The summed E-state index contributed by atoms with van der Waals surface area (Å²) in [4.78, 5) is 2.37. The molecule has 0 aromatic heterocycles. The van der Waals surface area contributed by atoms with Crippen LogP contribution in [-0.2, 0) is 0 Å². The maximum absolute atomic E-state index is 5.26. The van der Waals surface area contributed by atoms with Crippen molar-refractivity contribution in [3.05, 3.63) is 0 Å². The Morgan fingerprint density at radius 3 is 2.14 bits per heavy atom. The number of hydrogen-bond acceptors (Lipinski definition) is 1. The van der Waals surface area contributed by atoms with Crippen LogP contribution in [0.1, 0.15) is 40.5 Å². The molecule has 0 aliphatic carbocycles. The molecule has 1 heteroatoms. The third-order valence-electron chi connectivity index (χ3n) is 2.89. The van der Waals surface area contributed by atoms with Crippen LogP contribution < -0.4 is 0 Å². The van der Waals surface area contributed by atoms with Crippen molar-refractivity contribution in [2.45, 2.75) is 40.5 Å². The van der Waals surface area contributed by atoms with Crippen LogP contribution in [0.15, 0.2) is 0 Å². The summed E-state index contributed by atoms with van der Waals surface area (Å²) < 4.78 is 0. The maximum Gasteiger partial charge on any atom is 0.0598 e. The first-order valence-corrected chi connectivity index (χ1v) is 5.90. The van der Waals surface area contributed by atoms with E-state index in [0.717, 1.165) is 18.4 Å². The predicted molar refractivity (Wildman–Crippen MR) is 64.2 cm³/mol. The van der Waals surface area contributed by atoms with Gasteiger partial charge in [0.05, 0.1) is 6.54 Å². The van der Waals surface area contributed by atoms with Crippen LogP contribution in [0.2, 0.25) is 0 Å². The topological polar surface area (TPSA) is 3.24 Å². The number of likely N-dealkylation sites (tertiary alicyclic amines) is 1. The lowest BCUT2D eigenvalue weighted by Gasteiger charge is -2.32. The number of rotatable bonds is 2. The van der Waals surface area contributed by atoms with Gasteiger partial charge in [0.2, 0.25) is 0 Å². The number of nitrogens with zero attached hydrogens (tertiary/aromatic N) is 1. The molecule has 1 fully saturated rings. The van der Waals surface area contributed by atoms with Gasteiger partial charge in [-0.25, -0.2) is 0 Å². The standard InChI is InChI=1S/C11H19N.C2H6/c1-4-7-12-8-5-11(6-9-12)10(2)3;1-2/h1,10-11H,5-9H2,2-3H3;1-2H3. The molecule has 82 valence electrons. The fraction of sp³-hybridized carbons (Fsp3) is 0.846. The van der Waals surface area contributed by atoms with Crippen LogP contribution in [0.4, 0.5) is 0 Å². The zero-order valence-electron chi connectivity index (χ0n) is 10.2. The second-order valence-corrected chi connectivity index (χ2v) is 4.06. The Labute approximate surface area is 89.9 Å². The molecule has 1 aliphatic heterocycles. The summed E-state index contributed by atoms with van der Waals surface area (Å²) in [5.41, 5.74) is 0. The van der Waals surface area contributed by atoms with Gasteiger partial charge in [0.15, 0.2) is 0 Å². The molecule has 1 nitrogen and oxygen atoms in total. The molecule has 0 amide bonds. The van der Waals surface area contributed by atoms with E-state index in [0.29, 0.717) is 0 Å². The van der Waals surface area contributed by atoms with Crippen molar-refractivity contribution >= 4 is 0 Å². The first kappa shape index (κ1) is 13.5. The van der Waals surface area contributed by atoms with Gasteiger partial charge in [-0.15, -0.1) is 6.42 Å². The monoisotopic (exact) mass is 195 g/mol. The lowest BCUT2D eigenvalue weighted by molar-refractivity contribution is 0.173. The Bertz CT molecular complexity index is 159. The van der Waals surface area contributed by atoms with Crippen LogP contribution in [0, 0.1) is 24.2 Å². The summed E-state index contributed by atoms with van der Waals surface area (Å²) in [6.45, 7) is 11.9. The third-order valence-corrected chi connectivity index (χ3v) is 2.89. The van der Waals surface area contributed by atoms with E-state index in [-0.39, 0.29) is 0 Å². The molecule has 0 N–H and O–H groups in total. The van der Waals surface area contributed by atoms with Crippen molar-refractivity contribution in [2.75, 3.05) is 19.6 Å². The summed E-state index contributed by atoms with van der Waals surface area (Å²) in [6.07, 6.45) is 7.93. The lowest BCUT2D eigenvalue weighted by Crippen LogP contribution is -2.35. The summed E-state index contributed by atoms with van der Waals surface area (Å²) in [6, 6.07) is 0. The second-order valence-electron chi connectivity index (χ2n) is 4.06. The first-order chi connectivity index (χ1) is 6.74. The summed E-state index contributed by atoms with van der Waals surface area (Å²) in [5.74, 6) is 4.48. The highest BCUT2D eigenvalue weighted by Gasteiger charge is 2.20. The van der Waals surface area contributed by atoms with Crippen molar-refractivity contribution in [1.82, 2.24) is 4.90 Å². The predicted octanol–water partition coefficient (Wildman–Crippen LogP) is 3.01. The highest BCUT2D eigenvalue weighted by Crippen LogP contribution is 2.23. The van der Waals surface area contributed by atoms with Crippen LogP contribution >= 0.6 is 0 Å². The van der Waals surface area contributed by atoms with Gasteiger partial charge in [0.25, 0.3) is 0 Å². The Morgan fingerprint density at radius 2 is 1.79 bits per heavy atom. The van der Waals surface area contributed by atoms with Gasteiger partial charge >= 0.3 is 0 Å². The molecule has 0 aromatic carbocycles. The quantitative estimate of drug-likeness (QED) is 0.612. The number of hydrogen-bond donors (Lipinski definition) is 0. The zero-order chi connectivity index (χ0) is 11.0. The van der Waals surface area contributed by atoms with Gasteiger partial charge in [-0.2, -0.15) is 0 Å². The second kappa shape index (κ2) is 7.88. The fourth-order valence-electron chi connectivity index (χ4n) is 1.91. The first-order valence-electron chi connectivity index (χ1n) is 5.90. The van der Waals surface area contributed by atoms with Gasteiger partial charge < -0.3 is 0 Å². The van der Waals surface area contributed by atoms with Crippen LogP contribution in [0.5, 0.6) is 0 Å². The van der Waals surface area contributed by atoms with E-state index in [9.17, 15) is 0 Å². The van der Waals surface area contributed by atoms with Crippen LogP contribution in [0.25, 0.3) is 0 Å². The van der Waals surface area contributed by atoms with Gasteiger partial charge in [-0.05, 0) is 37.8 Å². The van der Waals surface area contributed by atoms with Crippen LogP contribution in [-0.4, -0.2) is 24.5 Å². The molecule has 1 heterocycles. The molecule has 0 aromatic rings. The Balaban J connectivity index is 0.000000791. The molecule has 0 atom stereocenters. The van der Waals surface area contributed by atoms with E-state index >= 15 is 0 Å². The van der Waals surface area contributed by atoms with E-state index in [1.807, 2.05) is 13.8 Å². The minimum Gasteiger partial charge on any atom is -0.292 e. The number of piperidine rings is 1. The van der Waals surface area contributed by atoms with E-state index in [1.165, 1.54) is 25.9 Å². The SMILES string of the molecule is C#CCN1CCC(C(C)C)CC1.CC. The van der Waals surface area contributed by atoms with Crippen LogP contribution in [0.3, 0.4) is 0 Å². The van der Waals surface area contributed by atoms with Gasteiger partial charge in [-0.3, -0.25) is 4.90 Å². The summed E-state index contributed by atoms with van der Waals surface area (Å²) in [7, 11) is 0. The molecule has 0 unspecified atom stereocenters. The molecule has 14 heavy (non-hydrogen) atoms. The van der Waals surface area contributed by atoms with Crippen molar-refractivity contribution in [1.29, 1.82) is 0 Å². The molecule has 0 radical (unpaired) electrons.